The summed E-state index contributed by atoms with van der Waals surface area (Å²) in [6.45, 7) is 4.41. The lowest BCUT2D eigenvalue weighted by atomic mass is 10.2. The van der Waals surface area contributed by atoms with E-state index in [9.17, 15) is 4.79 Å². The molecule has 1 fully saturated rings. The third-order valence-electron chi connectivity index (χ3n) is 4.84. The molecule has 1 aliphatic heterocycles. The Kier molecular flexibility index (Phi) is 4.61. The molecule has 0 saturated carbocycles. The number of aryl methyl sites for hydroxylation is 1. The first-order chi connectivity index (χ1) is 12.7. The molecule has 1 aliphatic rings. The molecule has 0 radical (unpaired) electrons. The summed E-state index contributed by atoms with van der Waals surface area (Å²) in [5, 5.41) is 0. The maximum absolute atomic E-state index is 12.7. The van der Waals surface area contributed by atoms with Crippen molar-refractivity contribution >= 4 is 16.9 Å². The van der Waals surface area contributed by atoms with Gasteiger partial charge < -0.3 is 14.2 Å². The Morgan fingerprint density at radius 1 is 1.12 bits per heavy atom. The van der Waals surface area contributed by atoms with Crippen LogP contribution >= 0.6 is 0 Å². The predicted octanol–water partition coefficient (Wildman–Crippen LogP) is 3.55. The van der Waals surface area contributed by atoms with E-state index in [1.54, 1.807) is 0 Å². The van der Waals surface area contributed by atoms with Crippen LogP contribution in [0.4, 0.5) is 0 Å². The monoisotopic (exact) mass is 349 g/mol. The second-order valence-electron chi connectivity index (χ2n) is 6.80. The zero-order valence-electron chi connectivity index (χ0n) is 15.0. The number of rotatable bonds is 5. The molecule has 1 aromatic heterocycles. The summed E-state index contributed by atoms with van der Waals surface area (Å²) in [5.41, 5.74) is 3.02. The molecule has 0 N–H and O–H groups in total. The van der Waals surface area contributed by atoms with Crippen molar-refractivity contribution in [2.75, 3.05) is 13.1 Å². The van der Waals surface area contributed by atoms with Crippen molar-refractivity contribution in [3.05, 3.63) is 59.9 Å². The van der Waals surface area contributed by atoms with Crippen LogP contribution in [0.15, 0.2) is 48.5 Å². The smallest absolute Gasteiger partial charge is 0.242 e. The molecule has 0 atom stereocenters. The Morgan fingerprint density at radius 2 is 1.92 bits per heavy atom. The number of para-hydroxylation sites is 2. The summed E-state index contributed by atoms with van der Waals surface area (Å²) in [4.78, 5) is 19.3. The van der Waals surface area contributed by atoms with Crippen LogP contribution in [0, 0.1) is 6.92 Å². The highest BCUT2D eigenvalue weighted by Gasteiger charge is 2.21. The first-order valence-electron chi connectivity index (χ1n) is 9.12. The second-order valence-corrected chi connectivity index (χ2v) is 6.80. The van der Waals surface area contributed by atoms with Crippen LogP contribution in [-0.4, -0.2) is 33.4 Å². The van der Waals surface area contributed by atoms with Crippen molar-refractivity contribution in [2.24, 2.45) is 0 Å². The zero-order valence-corrected chi connectivity index (χ0v) is 15.0. The van der Waals surface area contributed by atoms with Crippen molar-refractivity contribution in [3.8, 4) is 5.75 Å². The molecule has 5 nitrogen and oxygen atoms in total. The molecule has 5 heteroatoms. The summed E-state index contributed by atoms with van der Waals surface area (Å²) in [6, 6.07) is 15.9. The van der Waals surface area contributed by atoms with Crippen LogP contribution in [0.25, 0.3) is 11.0 Å². The Balaban J connectivity index is 1.59. The normalized spacial score (nSPS) is 14.1. The Morgan fingerprint density at radius 3 is 2.73 bits per heavy atom. The number of hydrogen-bond donors (Lipinski definition) is 0. The van der Waals surface area contributed by atoms with E-state index in [0.717, 1.165) is 54.1 Å². The summed E-state index contributed by atoms with van der Waals surface area (Å²) >= 11 is 0. The lowest BCUT2D eigenvalue weighted by molar-refractivity contribution is -0.130. The lowest BCUT2D eigenvalue weighted by Gasteiger charge is -2.17. The summed E-state index contributed by atoms with van der Waals surface area (Å²) in [5.74, 6) is 1.75. The third kappa shape index (κ3) is 3.43. The Labute approximate surface area is 153 Å². The fourth-order valence-electron chi connectivity index (χ4n) is 3.47. The first-order valence-corrected chi connectivity index (χ1v) is 9.12. The number of benzene rings is 2. The zero-order chi connectivity index (χ0) is 17.9. The first kappa shape index (κ1) is 16.6. The van der Waals surface area contributed by atoms with Gasteiger partial charge in [-0.25, -0.2) is 4.98 Å². The molecule has 1 saturated heterocycles. The van der Waals surface area contributed by atoms with Crippen molar-refractivity contribution in [1.82, 2.24) is 14.5 Å². The van der Waals surface area contributed by atoms with Gasteiger partial charge in [-0.3, -0.25) is 4.79 Å². The maximum Gasteiger partial charge on any atom is 0.242 e. The minimum absolute atomic E-state index is 0.155. The summed E-state index contributed by atoms with van der Waals surface area (Å²) in [6.07, 6.45) is 2.19. The van der Waals surface area contributed by atoms with Crippen LogP contribution < -0.4 is 4.74 Å². The van der Waals surface area contributed by atoms with Crippen molar-refractivity contribution in [1.29, 1.82) is 0 Å². The minimum atomic E-state index is 0.155. The van der Waals surface area contributed by atoms with Gasteiger partial charge in [0.1, 0.15) is 24.7 Å². The SMILES string of the molecule is Cc1cccc(OCc2nc3ccccc3n2CC(=O)N2CCCC2)c1. The van der Waals surface area contributed by atoms with E-state index in [-0.39, 0.29) is 5.91 Å². The van der Waals surface area contributed by atoms with Crippen LogP contribution in [0.3, 0.4) is 0 Å². The molecular formula is C21H23N3O2. The average molecular weight is 349 g/mol. The van der Waals surface area contributed by atoms with Crippen molar-refractivity contribution < 1.29 is 9.53 Å². The van der Waals surface area contributed by atoms with Gasteiger partial charge in [0.05, 0.1) is 11.0 Å². The number of imidazole rings is 1. The number of hydrogen-bond acceptors (Lipinski definition) is 3. The molecule has 0 bridgehead atoms. The summed E-state index contributed by atoms with van der Waals surface area (Å²) < 4.78 is 7.93. The highest BCUT2D eigenvalue weighted by atomic mass is 16.5. The molecule has 26 heavy (non-hydrogen) atoms. The standard InChI is InChI=1S/C21H23N3O2/c1-16-7-6-8-17(13-16)26-15-20-22-18-9-2-3-10-19(18)24(20)14-21(25)23-11-4-5-12-23/h2-3,6-10,13H,4-5,11-12,14-15H2,1H3. The lowest BCUT2D eigenvalue weighted by Crippen LogP contribution is -2.31. The third-order valence-corrected chi connectivity index (χ3v) is 4.84. The number of carbonyl (C=O) groups excluding carboxylic acids is 1. The highest BCUT2D eigenvalue weighted by molar-refractivity contribution is 5.81. The molecule has 2 aromatic carbocycles. The molecule has 3 aromatic rings. The maximum atomic E-state index is 12.7. The number of likely N-dealkylation sites (tertiary alicyclic amines) is 1. The summed E-state index contributed by atoms with van der Waals surface area (Å²) in [7, 11) is 0. The Bertz CT molecular complexity index is 926. The van der Waals surface area contributed by atoms with Gasteiger partial charge in [-0.2, -0.15) is 0 Å². The van der Waals surface area contributed by atoms with E-state index in [4.69, 9.17) is 9.72 Å². The van der Waals surface area contributed by atoms with Gasteiger partial charge in [0.25, 0.3) is 0 Å². The Hall–Kier alpha value is -2.82. The quantitative estimate of drug-likeness (QED) is 0.708. The molecule has 134 valence electrons. The van der Waals surface area contributed by atoms with Crippen molar-refractivity contribution in [2.45, 2.75) is 32.9 Å². The van der Waals surface area contributed by atoms with E-state index < -0.39 is 0 Å². The predicted molar refractivity (Wildman–Crippen MR) is 101 cm³/mol. The number of nitrogens with zero attached hydrogens (tertiary/aromatic N) is 3. The molecule has 1 amide bonds. The van der Waals surface area contributed by atoms with Gasteiger partial charge in [-0.05, 0) is 49.6 Å². The van der Waals surface area contributed by atoms with Gasteiger partial charge >= 0.3 is 0 Å². The topological polar surface area (TPSA) is 47.4 Å². The van der Waals surface area contributed by atoms with E-state index in [1.807, 2.05) is 64.9 Å². The van der Waals surface area contributed by atoms with Crippen LogP contribution in [-0.2, 0) is 17.9 Å². The van der Waals surface area contributed by atoms with Gasteiger partial charge in [-0.1, -0.05) is 24.3 Å². The number of amides is 1. The van der Waals surface area contributed by atoms with E-state index >= 15 is 0 Å². The molecule has 0 spiro atoms. The number of aromatic nitrogens is 2. The van der Waals surface area contributed by atoms with E-state index in [1.165, 1.54) is 0 Å². The fourth-order valence-corrected chi connectivity index (χ4v) is 3.47. The highest BCUT2D eigenvalue weighted by Crippen LogP contribution is 2.20. The van der Waals surface area contributed by atoms with Gasteiger partial charge in [0.2, 0.25) is 5.91 Å². The van der Waals surface area contributed by atoms with Crippen LogP contribution in [0.1, 0.15) is 24.2 Å². The molecule has 0 aliphatic carbocycles. The van der Waals surface area contributed by atoms with E-state index in [0.29, 0.717) is 13.2 Å². The number of fused-ring (bicyclic) bond motifs is 1. The van der Waals surface area contributed by atoms with Crippen molar-refractivity contribution in [3.63, 3.8) is 0 Å². The molecule has 4 rings (SSSR count). The van der Waals surface area contributed by atoms with Gasteiger partial charge in [-0.15, -0.1) is 0 Å². The van der Waals surface area contributed by atoms with Gasteiger partial charge in [0.15, 0.2) is 0 Å². The molecule has 2 heterocycles. The largest absolute Gasteiger partial charge is 0.486 e. The average Bonchev–Trinajstić information content (AvgIpc) is 3.29. The second kappa shape index (κ2) is 7.20. The van der Waals surface area contributed by atoms with Crippen LogP contribution in [0.2, 0.25) is 0 Å². The molecular weight excluding hydrogens is 326 g/mol. The number of ether oxygens (including phenoxy) is 1. The molecule has 0 unspecified atom stereocenters. The van der Waals surface area contributed by atoms with E-state index in [2.05, 4.69) is 0 Å². The van der Waals surface area contributed by atoms with Gasteiger partial charge in [0, 0.05) is 13.1 Å². The fraction of sp³-hybridized carbons (Fsp3) is 0.333. The van der Waals surface area contributed by atoms with Crippen LogP contribution in [0.5, 0.6) is 5.75 Å². The minimum Gasteiger partial charge on any atom is -0.486 e. The number of carbonyl (C=O) groups is 1.